The summed E-state index contributed by atoms with van der Waals surface area (Å²) >= 11 is 0. The monoisotopic (exact) mass is 610 g/mol. The summed E-state index contributed by atoms with van der Waals surface area (Å²) < 4.78 is 77.5. The minimum absolute atomic E-state index is 0.00537. The fraction of sp³-hybridized carbons (Fsp3) is 0.357. The molecule has 0 spiro atoms. The van der Waals surface area contributed by atoms with Crippen molar-refractivity contribution in [3.8, 4) is 11.6 Å². The van der Waals surface area contributed by atoms with Gasteiger partial charge in [0.2, 0.25) is 0 Å². The first-order valence-corrected chi connectivity index (χ1v) is 12.6. The van der Waals surface area contributed by atoms with Gasteiger partial charge in [-0.3, -0.25) is 4.79 Å². The second-order valence-electron chi connectivity index (χ2n) is 11.4. The van der Waals surface area contributed by atoms with Crippen LogP contribution in [0.5, 0.6) is 0 Å². The Morgan fingerprint density at radius 3 is 1.42 bits per heavy atom. The van der Waals surface area contributed by atoms with Gasteiger partial charge in [-0.05, 0) is 24.3 Å². The van der Waals surface area contributed by atoms with Gasteiger partial charge in [-0.1, -0.05) is 41.5 Å². The highest BCUT2D eigenvalue weighted by molar-refractivity contribution is 5.89. The van der Waals surface area contributed by atoms with Crippen LogP contribution in [0.4, 0.5) is 26.3 Å². The number of carbonyl (C=O) groups excluding carboxylic acids is 1. The number of carboxylic acids is 1. The lowest BCUT2D eigenvalue weighted by Gasteiger charge is -2.15. The second-order valence-corrected chi connectivity index (χ2v) is 11.4. The Balaban J connectivity index is 0.000000236. The van der Waals surface area contributed by atoms with E-state index in [0.29, 0.717) is 29.4 Å². The molecule has 4 aromatic rings. The summed E-state index contributed by atoms with van der Waals surface area (Å²) in [5.41, 5.74) is -1.29. The average molecular weight is 611 g/mol. The first-order valence-electron chi connectivity index (χ1n) is 12.6. The van der Waals surface area contributed by atoms with Gasteiger partial charge < -0.3 is 5.11 Å². The summed E-state index contributed by atoms with van der Waals surface area (Å²) in [5.74, 6) is -0.810. The third-order valence-corrected chi connectivity index (χ3v) is 5.85. The van der Waals surface area contributed by atoms with Gasteiger partial charge in [-0.2, -0.15) is 36.5 Å². The van der Waals surface area contributed by atoms with Crippen LogP contribution in [0.3, 0.4) is 0 Å². The number of hydrogen-bond acceptors (Lipinski definition) is 6. The number of nitrogens with zero attached hydrogens (tertiary/aromatic N) is 6. The summed E-state index contributed by atoms with van der Waals surface area (Å²) in [6.07, 6.45) is -4.09. The molecular formula is C28H28F6N6O3. The van der Waals surface area contributed by atoms with Crippen LogP contribution in [-0.4, -0.2) is 46.9 Å². The Kier molecular flexibility index (Phi) is 8.90. The van der Waals surface area contributed by atoms with Gasteiger partial charge in [0.1, 0.15) is 5.56 Å². The maximum absolute atomic E-state index is 12.5. The molecular weight excluding hydrogens is 582 g/mol. The van der Waals surface area contributed by atoms with Crippen LogP contribution in [0.2, 0.25) is 0 Å². The first kappa shape index (κ1) is 32.9. The molecule has 0 saturated heterocycles. The van der Waals surface area contributed by atoms with E-state index in [0.717, 1.165) is 24.4 Å². The predicted molar refractivity (Wildman–Crippen MR) is 142 cm³/mol. The largest absolute Gasteiger partial charge is 0.478 e. The number of alkyl halides is 6. The zero-order valence-corrected chi connectivity index (χ0v) is 23.9. The van der Waals surface area contributed by atoms with Crippen molar-refractivity contribution in [2.24, 2.45) is 0 Å². The normalized spacial score (nSPS) is 12.5. The van der Waals surface area contributed by atoms with Crippen molar-refractivity contribution in [1.82, 2.24) is 29.5 Å². The summed E-state index contributed by atoms with van der Waals surface area (Å²) in [6, 6.07) is 4.17. The minimum Gasteiger partial charge on any atom is -0.478 e. The first-order chi connectivity index (χ1) is 19.6. The van der Waals surface area contributed by atoms with E-state index in [2.05, 4.69) is 20.2 Å². The summed E-state index contributed by atoms with van der Waals surface area (Å²) in [6.45, 7) is 11.1. The lowest BCUT2D eigenvalue weighted by molar-refractivity contribution is -0.138. The Morgan fingerprint density at radius 1 is 0.721 bits per heavy atom. The van der Waals surface area contributed by atoms with Crippen LogP contribution < -0.4 is 0 Å². The molecule has 230 valence electrons. The number of hydrogen-bond donors (Lipinski definition) is 1. The lowest BCUT2D eigenvalue weighted by atomic mass is 9.90. The van der Waals surface area contributed by atoms with Crippen LogP contribution in [0.15, 0.2) is 49.1 Å². The Bertz CT molecular complexity index is 1590. The van der Waals surface area contributed by atoms with E-state index < -0.39 is 34.9 Å². The highest BCUT2D eigenvalue weighted by atomic mass is 19.4. The van der Waals surface area contributed by atoms with Gasteiger partial charge in [0, 0.05) is 35.6 Å². The van der Waals surface area contributed by atoms with Gasteiger partial charge in [0.05, 0.1) is 28.1 Å². The maximum atomic E-state index is 12.5. The lowest BCUT2D eigenvalue weighted by Crippen LogP contribution is -2.16. The molecule has 0 aliphatic heterocycles. The van der Waals surface area contributed by atoms with E-state index >= 15 is 0 Å². The zero-order valence-electron chi connectivity index (χ0n) is 23.9. The second kappa shape index (κ2) is 11.6. The molecule has 0 aromatic carbocycles. The van der Waals surface area contributed by atoms with Gasteiger partial charge in [-0.25, -0.2) is 24.1 Å². The molecule has 0 aliphatic rings. The maximum Gasteiger partial charge on any atom is 0.417 e. The van der Waals surface area contributed by atoms with Crippen LogP contribution in [0.25, 0.3) is 11.6 Å². The molecule has 1 N–H and O–H groups in total. The van der Waals surface area contributed by atoms with E-state index in [1.807, 2.05) is 20.8 Å². The molecule has 43 heavy (non-hydrogen) atoms. The average Bonchev–Trinajstić information content (AvgIpc) is 3.54. The van der Waals surface area contributed by atoms with Crippen molar-refractivity contribution in [1.29, 1.82) is 0 Å². The molecule has 0 aliphatic carbocycles. The van der Waals surface area contributed by atoms with Gasteiger partial charge in [0.25, 0.3) is 0 Å². The van der Waals surface area contributed by atoms with Crippen molar-refractivity contribution >= 4 is 12.3 Å². The van der Waals surface area contributed by atoms with Crippen molar-refractivity contribution in [3.63, 3.8) is 0 Å². The number of aldehydes is 1. The molecule has 0 radical (unpaired) electrons. The van der Waals surface area contributed by atoms with Gasteiger partial charge >= 0.3 is 18.3 Å². The highest BCUT2D eigenvalue weighted by Gasteiger charge is 2.32. The molecule has 0 saturated carbocycles. The molecule has 4 heterocycles. The van der Waals surface area contributed by atoms with E-state index in [9.17, 15) is 41.0 Å². The number of rotatable bonds is 4. The van der Waals surface area contributed by atoms with E-state index in [-0.39, 0.29) is 22.6 Å². The van der Waals surface area contributed by atoms with Crippen molar-refractivity contribution in [2.75, 3.05) is 0 Å². The quantitative estimate of drug-likeness (QED) is 0.203. The van der Waals surface area contributed by atoms with Crippen LogP contribution in [0.1, 0.15) is 84.8 Å². The Hall–Kier alpha value is -4.56. The summed E-state index contributed by atoms with van der Waals surface area (Å²) in [5, 5.41) is 17.6. The fourth-order valence-electron chi connectivity index (χ4n) is 3.75. The standard InChI is InChI=1S/C14H14F3N3O2.C14H14F3N3O/c1-13(2,3)11-9(12(21)22)7-20(19-11)10-5-4-8(6-18-10)14(15,16)17;1-13(2,3)12-9(8-21)7-20(19-12)11-5-4-10(6-18-11)14(15,16)17/h4-7H,1-3H3,(H,21,22);4-8H,1-3H3. The zero-order chi connectivity index (χ0) is 32.5. The molecule has 4 aromatic heterocycles. The Morgan fingerprint density at radius 2 is 1.14 bits per heavy atom. The minimum atomic E-state index is -4.47. The summed E-state index contributed by atoms with van der Waals surface area (Å²) in [4.78, 5) is 29.8. The van der Waals surface area contributed by atoms with E-state index in [1.165, 1.54) is 27.8 Å². The van der Waals surface area contributed by atoms with E-state index in [1.54, 1.807) is 20.8 Å². The topological polar surface area (TPSA) is 116 Å². The fourth-order valence-corrected chi connectivity index (χ4v) is 3.75. The number of aromatic nitrogens is 6. The van der Waals surface area contributed by atoms with Gasteiger partial charge in [0.15, 0.2) is 17.9 Å². The molecule has 15 heteroatoms. The van der Waals surface area contributed by atoms with Crippen LogP contribution in [-0.2, 0) is 23.2 Å². The third-order valence-electron chi connectivity index (χ3n) is 5.85. The number of carbonyl (C=O) groups is 2. The molecule has 9 nitrogen and oxygen atoms in total. The molecule has 0 fully saturated rings. The third kappa shape index (κ3) is 7.84. The predicted octanol–water partition coefficient (Wildman–Crippen LogP) is 6.68. The molecule has 0 atom stereocenters. The molecule has 4 rings (SSSR count). The Labute approximate surface area is 242 Å². The smallest absolute Gasteiger partial charge is 0.417 e. The van der Waals surface area contributed by atoms with Crippen LogP contribution in [0, 0.1) is 0 Å². The molecule has 0 amide bonds. The van der Waals surface area contributed by atoms with E-state index in [4.69, 9.17) is 0 Å². The van der Waals surface area contributed by atoms with Crippen molar-refractivity contribution in [2.45, 2.75) is 64.7 Å². The number of pyridine rings is 2. The number of carboxylic acid groups (broad SMARTS) is 1. The molecule has 0 bridgehead atoms. The SMILES string of the molecule is CC(C)(C)c1nn(-c2ccc(C(F)(F)F)cn2)cc1C(=O)O.CC(C)(C)c1nn(-c2ccc(C(F)(F)F)cn2)cc1C=O. The molecule has 0 unspecified atom stereocenters. The van der Waals surface area contributed by atoms with Crippen LogP contribution >= 0.6 is 0 Å². The summed E-state index contributed by atoms with van der Waals surface area (Å²) in [7, 11) is 0. The van der Waals surface area contributed by atoms with Crippen molar-refractivity contribution in [3.05, 3.63) is 82.7 Å². The number of aromatic carboxylic acids is 1. The van der Waals surface area contributed by atoms with Gasteiger partial charge in [-0.15, -0.1) is 0 Å². The number of halogens is 6. The van der Waals surface area contributed by atoms with Crippen molar-refractivity contribution < 1.29 is 41.0 Å². The highest BCUT2D eigenvalue weighted by Crippen LogP contribution is 2.31.